The van der Waals surface area contributed by atoms with Crippen molar-refractivity contribution in [3.8, 4) is 10.4 Å². The molecule has 0 amide bonds. The molecule has 0 aliphatic carbocycles. The molecule has 0 atom stereocenters. The highest BCUT2D eigenvalue weighted by Crippen LogP contribution is 2.29. The van der Waals surface area contributed by atoms with Crippen LogP contribution in [0.25, 0.3) is 27.1 Å². The van der Waals surface area contributed by atoms with E-state index in [1.807, 2.05) is 6.07 Å². The van der Waals surface area contributed by atoms with E-state index in [0.29, 0.717) is 27.4 Å². The molecule has 31 heavy (non-hydrogen) atoms. The average molecular weight is 434 g/mol. The molecule has 9 heteroatoms. The zero-order valence-corrected chi connectivity index (χ0v) is 17.1. The third-order valence-corrected chi connectivity index (χ3v) is 6.08. The number of nitrogens with zero attached hydrogens (tertiary/aromatic N) is 4. The van der Waals surface area contributed by atoms with E-state index in [9.17, 15) is 14.0 Å². The van der Waals surface area contributed by atoms with Crippen molar-refractivity contribution < 1.29 is 13.9 Å². The monoisotopic (exact) mass is 434 g/mol. The fourth-order valence-electron chi connectivity index (χ4n) is 3.40. The summed E-state index contributed by atoms with van der Waals surface area (Å²) in [5.41, 5.74) is 1.29. The molecule has 0 bridgehead atoms. The van der Waals surface area contributed by atoms with Gasteiger partial charge in [-0.1, -0.05) is 24.3 Å². The van der Waals surface area contributed by atoms with Gasteiger partial charge in [0.1, 0.15) is 10.7 Å². The van der Waals surface area contributed by atoms with Crippen molar-refractivity contribution in [2.45, 2.75) is 6.61 Å². The number of carbonyl (C=O) groups is 1. The van der Waals surface area contributed by atoms with Crippen LogP contribution in [0.15, 0.2) is 65.5 Å². The molecule has 154 valence electrons. The summed E-state index contributed by atoms with van der Waals surface area (Å²) < 4.78 is 21.7. The number of hydrogen-bond donors (Lipinski definition) is 0. The lowest BCUT2D eigenvalue weighted by atomic mass is 10.2. The van der Waals surface area contributed by atoms with Gasteiger partial charge in [0, 0.05) is 11.9 Å². The Hall–Kier alpha value is -3.85. The normalized spacial score (nSPS) is 11.3. The zero-order valence-electron chi connectivity index (χ0n) is 16.3. The highest BCUT2D eigenvalue weighted by molar-refractivity contribution is 7.17. The number of carbonyl (C=O) groups excluding carboxylic acids is 1. The van der Waals surface area contributed by atoms with E-state index in [1.54, 1.807) is 53.9 Å². The van der Waals surface area contributed by atoms with Gasteiger partial charge in [0.15, 0.2) is 12.4 Å². The molecule has 5 rings (SSSR count). The Balaban J connectivity index is 1.42. The first-order valence-electron chi connectivity index (χ1n) is 9.37. The summed E-state index contributed by atoms with van der Waals surface area (Å²) in [6.07, 6.45) is 0. The van der Waals surface area contributed by atoms with Crippen molar-refractivity contribution in [2.75, 3.05) is 0 Å². The van der Waals surface area contributed by atoms with Gasteiger partial charge < -0.3 is 4.74 Å². The molecule has 0 saturated heterocycles. The number of ether oxygens (including phenoxy) is 1. The number of esters is 1. The Morgan fingerprint density at radius 2 is 1.84 bits per heavy atom. The molecule has 0 unspecified atom stereocenters. The summed E-state index contributed by atoms with van der Waals surface area (Å²) in [5.74, 6) is -0.0373. The largest absolute Gasteiger partial charge is 0.453 e. The van der Waals surface area contributed by atoms with Gasteiger partial charge in [-0.15, -0.1) is 21.5 Å². The maximum Gasteiger partial charge on any atom is 0.348 e. The van der Waals surface area contributed by atoms with Crippen molar-refractivity contribution in [1.82, 2.24) is 19.2 Å². The number of aryl methyl sites for hydroxylation is 1. The molecule has 2 aromatic carbocycles. The molecule has 5 aromatic rings. The van der Waals surface area contributed by atoms with Crippen molar-refractivity contribution >= 4 is 34.0 Å². The van der Waals surface area contributed by atoms with Crippen LogP contribution in [-0.4, -0.2) is 25.1 Å². The molecule has 0 spiro atoms. The van der Waals surface area contributed by atoms with Crippen molar-refractivity contribution in [1.29, 1.82) is 0 Å². The molecule has 0 saturated carbocycles. The predicted molar refractivity (Wildman–Crippen MR) is 115 cm³/mol. The number of halogens is 1. The summed E-state index contributed by atoms with van der Waals surface area (Å²) in [6, 6.07) is 16.7. The third-order valence-electron chi connectivity index (χ3n) is 4.96. The Morgan fingerprint density at radius 3 is 2.65 bits per heavy atom. The van der Waals surface area contributed by atoms with E-state index in [1.165, 1.54) is 28.0 Å². The first kappa shape index (κ1) is 19.1. The van der Waals surface area contributed by atoms with Crippen LogP contribution >= 0.6 is 11.3 Å². The minimum atomic E-state index is -0.496. The molecule has 3 heterocycles. The van der Waals surface area contributed by atoms with Gasteiger partial charge in [-0.3, -0.25) is 13.8 Å². The van der Waals surface area contributed by atoms with Gasteiger partial charge in [0.2, 0.25) is 5.78 Å². The Labute approximate surface area is 179 Å². The lowest BCUT2D eigenvalue weighted by Crippen LogP contribution is -2.20. The Morgan fingerprint density at radius 1 is 1.06 bits per heavy atom. The van der Waals surface area contributed by atoms with Crippen LogP contribution in [0.3, 0.4) is 0 Å². The highest BCUT2D eigenvalue weighted by Gasteiger charge is 2.17. The second-order valence-electron chi connectivity index (χ2n) is 6.88. The first-order chi connectivity index (χ1) is 15.0. The van der Waals surface area contributed by atoms with Gasteiger partial charge in [-0.05, 0) is 42.0 Å². The summed E-state index contributed by atoms with van der Waals surface area (Å²) in [7, 11) is 1.62. The topological polar surface area (TPSA) is 78.5 Å². The van der Waals surface area contributed by atoms with Gasteiger partial charge in [0.25, 0.3) is 5.56 Å². The average Bonchev–Trinajstić information content (AvgIpc) is 3.44. The van der Waals surface area contributed by atoms with E-state index < -0.39 is 5.97 Å². The quantitative estimate of drug-likeness (QED) is 0.402. The second-order valence-corrected chi connectivity index (χ2v) is 7.96. The summed E-state index contributed by atoms with van der Waals surface area (Å²) in [6.45, 7) is -0.105. The highest BCUT2D eigenvalue weighted by atomic mass is 32.1. The van der Waals surface area contributed by atoms with Crippen LogP contribution in [0.4, 0.5) is 4.39 Å². The molecule has 7 nitrogen and oxygen atoms in total. The van der Waals surface area contributed by atoms with Crippen LogP contribution in [0, 0.1) is 5.82 Å². The van der Waals surface area contributed by atoms with Crippen LogP contribution in [0.5, 0.6) is 0 Å². The SMILES string of the molecule is Cn1c(=O)c2ccccc2n2c(COC(=O)c3ccc(-c4ccc(F)cc4)s3)nnc12. The van der Waals surface area contributed by atoms with E-state index in [2.05, 4.69) is 10.2 Å². The van der Waals surface area contributed by atoms with Crippen LogP contribution in [-0.2, 0) is 18.4 Å². The van der Waals surface area contributed by atoms with Crippen LogP contribution in [0.1, 0.15) is 15.5 Å². The molecule has 0 fully saturated rings. The maximum absolute atomic E-state index is 13.1. The molecule has 0 N–H and O–H groups in total. The lowest BCUT2D eigenvalue weighted by molar-refractivity contribution is 0.0467. The number of thiophene rings is 1. The van der Waals surface area contributed by atoms with Gasteiger partial charge >= 0.3 is 5.97 Å². The molecular weight excluding hydrogens is 419 g/mol. The Kier molecular flexibility index (Phi) is 4.59. The Bertz CT molecular complexity index is 1500. The minimum absolute atomic E-state index is 0.105. The molecular formula is C22H15FN4O3S. The van der Waals surface area contributed by atoms with Gasteiger partial charge in [-0.2, -0.15) is 0 Å². The van der Waals surface area contributed by atoms with Crippen molar-refractivity contribution in [2.24, 2.45) is 7.05 Å². The number of rotatable bonds is 4. The zero-order chi connectivity index (χ0) is 21.5. The molecule has 3 aromatic heterocycles. The number of hydrogen-bond acceptors (Lipinski definition) is 6. The third kappa shape index (κ3) is 3.28. The van der Waals surface area contributed by atoms with E-state index >= 15 is 0 Å². The van der Waals surface area contributed by atoms with Crippen LogP contribution < -0.4 is 5.56 Å². The van der Waals surface area contributed by atoms with Crippen molar-refractivity contribution in [3.05, 3.63) is 87.5 Å². The summed E-state index contributed by atoms with van der Waals surface area (Å²) in [5, 5.41) is 8.73. The number of benzene rings is 2. The van der Waals surface area contributed by atoms with E-state index in [4.69, 9.17) is 4.74 Å². The smallest absolute Gasteiger partial charge is 0.348 e. The molecule has 0 aliphatic heterocycles. The number of para-hydroxylation sites is 1. The fourth-order valence-corrected chi connectivity index (χ4v) is 4.31. The standard InChI is InChI=1S/C22H15FN4O3S/c1-26-20(28)15-4-2-3-5-16(15)27-19(24-25-22(26)27)12-30-21(29)18-11-10-17(31-18)13-6-8-14(23)9-7-13/h2-11H,12H2,1H3. The van der Waals surface area contributed by atoms with Gasteiger partial charge in [-0.25, -0.2) is 9.18 Å². The number of aromatic nitrogens is 4. The fraction of sp³-hybridized carbons (Fsp3) is 0.0909. The maximum atomic E-state index is 13.1. The molecule has 0 radical (unpaired) electrons. The van der Waals surface area contributed by atoms with Crippen molar-refractivity contribution in [3.63, 3.8) is 0 Å². The second kappa shape index (κ2) is 7.44. The van der Waals surface area contributed by atoms with E-state index in [-0.39, 0.29) is 18.0 Å². The van der Waals surface area contributed by atoms with E-state index in [0.717, 1.165) is 10.4 Å². The minimum Gasteiger partial charge on any atom is -0.453 e. The van der Waals surface area contributed by atoms with Crippen LogP contribution in [0.2, 0.25) is 0 Å². The first-order valence-corrected chi connectivity index (χ1v) is 10.2. The predicted octanol–water partition coefficient (Wildman–Crippen LogP) is 3.81. The van der Waals surface area contributed by atoms with Gasteiger partial charge in [0.05, 0.1) is 10.9 Å². The summed E-state index contributed by atoms with van der Waals surface area (Å²) >= 11 is 1.26. The summed E-state index contributed by atoms with van der Waals surface area (Å²) in [4.78, 5) is 26.3. The lowest BCUT2D eigenvalue weighted by Gasteiger charge is -2.08. The molecule has 0 aliphatic rings. The number of fused-ring (bicyclic) bond motifs is 3.